The molecule has 46 heavy (non-hydrogen) atoms. The molecular formula is C41H42Cl4Hf-2. The molecule has 0 saturated carbocycles. The summed E-state index contributed by atoms with van der Waals surface area (Å²) in [4.78, 5) is 0. The Hall–Kier alpha value is -1.87. The van der Waals surface area contributed by atoms with Crippen molar-refractivity contribution < 1.29 is 48.7 Å². The average Bonchev–Trinajstić information content (AvgIpc) is 3.62. The molecule has 1 aliphatic rings. The maximum Gasteiger partial charge on any atom is -0.172 e. The van der Waals surface area contributed by atoms with Crippen LogP contribution in [0.2, 0.25) is 10.0 Å². The average molecular weight is 855 g/mol. The van der Waals surface area contributed by atoms with E-state index < -0.39 is 0 Å². The number of halogens is 4. The van der Waals surface area contributed by atoms with E-state index in [4.69, 9.17) is 23.2 Å². The number of aryl methyl sites for hydroxylation is 2. The summed E-state index contributed by atoms with van der Waals surface area (Å²) in [6.07, 6.45) is 1.03. The molecule has 0 spiro atoms. The Morgan fingerprint density at radius 2 is 1.20 bits per heavy atom. The number of rotatable bonds is 2. The van der Waals surface area contributed by atoms with Gasteiger partial charge in [0.1, 0.15) is 0 Å². The minimum Gasteiger partial charge on any atom is -1.00 e. The maximum absolute atomic E-state index is 5.98. The van der Waals surface area contributed by atoms with Crippen LogP contribution in [0, 0.1) is 19.9 Å². The number of benzene rings is 4. The first-order valence-electron chi connectivity index (χ1n) is 15.1. The fourth-order valence-corrected chi connectivity index (χ4v) is 7.30. The topological polar surface area (TPSA) is 0 Å². The molecule has 1 aliphatic carbocycles. The first-order chi connectivity index (χ1) is 20.6. The van der Waals surface area contributed by atoms with Crippen LogP contribution in [0.5, 0.6) is 0 Å². The summed E-state index contributed by atoms with van der Waals surface area (Å²) in [6, 6.07) is 36.8. The van der Waals surface area contributed by atoms with Crippen molar-refractivity contribution in [3.63, 3.8) is 0 Å². The van der Waals surface area contributed by atoms with Crippen LogP contribution in [0.25, 0.3) is 11.1 Å². The van der Waals surface area contributed by atoms with E-state index >= 15 is 0 Å². The van der Waals surface area contributed by atoms with Gasteiger partial charge < -0.3 is 24.8 Å². The molecule has 0 fully saturated rings. The molecule has 0 atom stereocenters. The van der Waals surface area contributed by atoms with Gasteiger partial charge in [0.15, 0.2) is 0 Å². The van der Waals surface area contributed by atoms with Gasteiger partial charge in [-0.25, -0.2) is 12.1 Å². The summed E-state index contributed by atoms with van der Waals surface area (Å²) in [5.41, 5.74) is 14.0. The van der Waals surface area contributed by atoms with Gasteiger partial charge in [0.25, 0.3) is 0 Å². The third kappa shape index (κ3) is 10.3. The smallest absolute Gasteiger partial charge is 0.172 e. The molecular weight excluding hydrogens is 813 g/mol. The summed E-state index contributed by atoms with van der Waals surface area (Å²) in [5, 5.41) is 1.54. The second-order valence-corrected chi connectivity index (χ2v) is 16.2. The minimum atomic E-state index is 0. The first-order valence-corrected chi connectivity index (χ1v) is 17.7. The Morgan fingerprint density at radius 1 is 0.696 bits per heavy atom. The Morgan fingerprint density at radius 3 is 1.63 bits per heavy atom. The molecule has 0 saturated heterocycles. The van der Waals surface area contributed by atoms with Gasteiger partial charge in [0, 0.05) is 0 Å². The fourth-order valence-electron chi connectivity index (χ4n) is 5.80. The second-order valence-electron chi connectivity index (χ2n) is 13.6. The molecule has 0 aromatic heterocycles. The van der Waals surface area contributed by atoms with Crippen LogP contribution in [0.15, 0.2) is 97.1 Å². The zero-order chi connectivity index (χ0) is 32.2. The van der Waals surface area contributed by atoms with Crippen molar-refractivity contribution in [3.8, 4) is 11.1 Å². The molecule has 0 bridgehead atoms. The standard InChI is InChI=1S/C23H29.C13H8Cl2.C5H5.2ClH.Hf/c1-14-9-16-11-17-10-15(2)21(23(6,7)8)13-19(17)18(16)12-20(14)22(3,4)5;14-12-5-1-3-10(8-12)7-11-4-2-6-13(15)9-11;1-2-4-5-3-1;;;/h9,12-13H,11H2,1-8H3;1-6,8-9H;1-5H;2*1H;/q-1;;-1;;;+2/p-2. The van der Waals surface area contributed by atoms with Crippen molar-refractivity contribution in [1.29, 1.82) is 0 Å². The van der Waals surface area contributed by atoms with E-state index in [-0.39, 0.29) is 35.6 Å². The number of hydrogen-bond donors (Lipinski definition) is 0. The molecule has 0 unspecified atom stereocenters. The van der Waals surface area contributed by atoms with Crippen LogP contribution in [-0.4, -0.2) is 3.26 Å². The second kappa shape index (κ2) is 17.0. The number of fused-ring (bicyclic) bond motifs is 3. The molecule has 5 aromatic carbocycles. The van der Waals surface area contributed by atoms with Gasteiger partial charge in [-0.2, -0.15) is 35.9 Å². The number of hydrogen-bond acceptors (Lipinski definition) is 0. The largest absolute Gasteiger partial charge is 1.00 e. The van der Waals surface area contributed by atoms with E-state index in [1.165, 1.54) is 58.9 Å². The van der Waals surface area contributed by atoms with Gasteiger partial charge in [0.2, 0.25) is 0 Å². The molecule has 0 N–H and O–H groups in total. The van der Waals surface area contributed by atoms with Gasteiger partial charge in [-0.05, 0) is 35.4 Å². The van der Waals surface area contributed by atoms with Crippen LogP contribution in [0.4, 0.5) is 0 Å². The van der Waals surface area contributed by atoms with E-state index in [0.29, 0.717) is 0 Å². The van der Waals surface area contributed by atoms with Crippen molar-refractivity contribution in [3.05, 3.63) is 158 Å². The van der Waals surface area contributed by atoms with Gasteiger partial charge in [0.05, 0.1) is 0 Å². The molecule has 5 aromatic rings. The van der Waals surface area contributed by atoms with E-state index in [1.54, 1.807) is 0 Å². The van der Waals surface area contributed by atoms with Crippen LogP contribution < -0.4 is 24.8 Å². The first kappa shape index (κ1) is 40.3. The fraction of sp³-hybridized carbons (Fsp3) is 0.268. The van der Waals surface area contributed by atoms with Crippen molar-refractivity contribution in [1.82, 2.24) is 0 Å². The maximum atomic E-state index is 5.98. The summed E-state index contributed by atoms with van der Waals surface area (Å²) in [7, 11) is 0. The Kier molecular flexibility index (Phi) is 14.9. The molecule has 0 amide bonds. The van der Waals surface area contributed by atoms with Gasteiger partial charge >= 0.3 is 120 Å². The Bertz CT molecular complexity index is 1620. The zero-order valence-electron chi connectivity index (χ0n) is 28.0. The van der Waals surface area contributed by atoms with Crippen LogP contribution in [0.1, 0.15) is 86.1 Å². The molecule has 0 aliphatic heterocycles. The summed E-state index contributed by atoms with van der Waals surface area (Å²) in [6.45, 7) is 18.2. The van der Waals surface area contributed by atoms with Crippen molar-refractivity contribution in [2.75, 3.05) is 0 Å². The van der Waals surface area contributed by atoms with E-state index in [2.05, 4.69) is 91.8 Å². The summed E-state index contributed by atoms with van der Waals surface area (Å²) < 4.78 is 1.31. The Labute approximate surface area is 314 Å². The third-order valence-corrected chi connectivity index (χ3v) is 10.4. The van der Waals surface area contributed by atoms with Gasteiger partial charge in [-0.15, -0.1) is 16.7 Å². The minimum absolute atomic E-state index is 0. The molecule has 0 nitrogen and oxygen atoms in total. The predicted octanol–water partition coefficient (Wildman–Crippen LogP) is 5.79. The SMILES string of the molecule is Cc1[c-]c2c(cc1C(C)(C)C)-c1cc(C(C)(C)C)c(C)cc1C2.Clc1cccc([C](=[Hf+2])c2cccc(Cl)c2)c1.[Cl-].[Cl-].c1cc[cH-]c1. The van der Waals surface area contributed by atoms with Crippen molar-refractivity contribution in [2.24, 2.45) is 0 Å². The van der Waals surface area contributed by atoms with Crippen LogP contribution in [0.3, 0.4) is 0 Å². The van der Waals surface area contributed by atoms with Gasteiger partial charge in [-0.3, -0.25) is 0 Å². The van der Waals surface area contributed by atoms with E-state index in [1.807, 2.05) is 66.7 Å². The molecule has 0 heterocycles. The normalized spacial score (nSPS) is 11.4. The summed E-state index contributed by atoms with van der Waals surface area (Å²) >= 11 is 12.9. The molecule has 0 radical (unpaired) electrons. The van der Waals surface area contributed by atoms with E-state index in [0.717, 1.165) is 40.4 Å². The predicted molar refractivity (Wildman–Crippen MR) is 189 cm³/mol. The van der Waals surface area contributed by atoms with Crippen LogP contribution >= 0.6 is 23.2 Å². The van der Waals surface area contributed by atoms with Gasteiger partial charge in [-0.1, -0.05) is 71.6 Å². The monoisotopic (exact) mass is 854 g/mol. The van der Waals surface area contributed by atoms with Crippen molar-refractivity contribution >= 4 is 26.5 Å². The van der Waals surface area contributed by atoms with E-state index in [9.17, 15) is 0 Å². The summed E-state index contributed by atoms with van der Waals surface area (Å²) in [5.74, 6) is 0. The molecule has 5 heteroatoms. The quantitative estimate of drug-likeness (QED) is 0.153. The third-order valence-electron chi connectivity index (χ3n) is 7.86. The zero-order valence-corrected chi connectivity index (χ0v) is 34.6. The van der Waals surface area contributed by atoms with Crippen molar-refractivity contribution in [2.45, 2.75) is 72.6 Å². The van der Waals surface area contributed by atoms with Crippen LogP contribution in [-0.2, 0) is 41.1 Å². The Balaban J connectivity index is 0.000000278. The molecule has 240 valence electrons. The molecule has 6 rings (SSSR count).